The van der Waals surface area contributed by atoms with E-state index < -0.39 is 0 Å². The molecule has 4 nitrogen and oxygen atoms in total. The van der Waals surface area contributed by atoms with E-state index in [0.717, 1.165) is 10.0 Å². The monoisotopic (exact) mass is 321 g/mol. The Morgan fingerprint density at radius 3 is 2.74 bits per heavy atom. The van der Waals surface area contributed by atoms with Crippen molar-refractivity contribution in [1.29, 1.82) is 0 Å². The lowest BCUT2D eigenvalue weighted by atomic mass is 10.1. The SMILES string of the molecule is Cc1ccc(C(=O)Nc2ccnn2C(C)C)cc1Br. The number of hydrogen-bond donors (Lipinski definition) is 1. The summed E-state index contributed by atoms with van der Waals surface area (Å²) in [6.45, 7) is 6.02. The van der Waals surface area contributed by atoms with Gasteiger partial charge in [-0.15, -0.1) is 0 Å². The molecule has 0 fully saturated rings. The topological polar surface area (TPSA) is 46.9 Å². The van der Waals surface area contributed by atoms with Gasteiger partial charge in [-0.25, -0.2) is 4.68 Å². The molecule has 1 N–H and O–H groups in total. The van der Waals surface area contributed by atoms with Crippen LogP contribution in [0.3, 0.4) is 0 Å². The van der Waals surface area contributed by atoms with E-state index in [1.54, 1.807) is 16.9 Å². The van der Waals surface area contributed by atoms with Crippen LogP contribution in [0.25, 0.3) is 0 Å². The maximum atomic E-state index is 12.2. The van der Waals surface area contributed by atoms with Gasteiger partial charge in [0.15, 0.2) is 0 Å². The Balaban J connectivity index is 2.21. The predicted molar refractivity (Wildman–Crippen MR) is 79.4 cm³/mol. The van der Waals surface area contributed by atoms with Gasteiger partial charge >= 0.3 is 0 Å². The Hall–Kier alpha value is -1.62. The van der Waals surface area contributed by atoms with E-state index in [2.05, 4.69) is 26.3 Å². The van der Waals surface area contributed by atoms with Crippen LogP contribution in [0.2, 0.25) is 0 Å². The summed E-state index contributed by atoms with van der Waals surface area (Å²) in [7, 11) is 0. The highest BCUT2D eigenvalue weighted by atomic mass is 79.9. The molecule has 0 radical (unpaired) electrons. The largest absolute Gasteiger partial charge is 0.307 e. The third-order valence-electron chi connectivity index (χ3n) is 2.84. The van der Waals surface area contributed by atoms with E-state index in [1.807, 2.05) is 39.0 Å². The molecule has 19 heavy (non-hydrogen) atoms. The van der Waals surface area contributed by atoms with Gasteiger partial charge in [0, 0.05) is 22.1 Å². The molecule has 1 aromatic heterocycles. The Bertz CT molecular complexity index is 604. The molecule has 0 bridgehead atoms. The molecule has 0 saturated carbocycles. The van der Waals surface area contributed by atoms with E-state index in [4.69, 9.17) is 0 Å². The van der Waals surface area contributed by atoms with Gasteiger partial charge < -0.3 is 5.32 Å². The summed E-state index contributed by atoms with van der Waals surface area (Å²) in [6, 6.07) is 7.54. The van der Waals surface area contributed by atoms with Crippen molar-refractivity contribution in [3.05, 3.63) is 46.1 Å². The molecule has 2 rings (SSSR count). The first kappa shape index (κ1) is 13.8. The van der Waals surface area contributed by atoms with Gasteiger partial charge in [0.05, 0.1) is 6.20 Å². The van der Waals surface area contributed by atoms with Gasteiger partial charge in [0.2, 0.25) is 0 Å². The Morgan fingerprint density at radius 2 is 2.11 bits per heavy atom. The first-order valence-electron chi connectivity index (χ1n) is 6.10. The van der Waals surface area contributed by atoms with E-state index >= 15 is 0 Å². The lowest BCUT2D eigenvalue weighted by Gasteiger charge is -2.12. The molecule has 0 saturated heterocycles. The third kappa shape index (κ3) is 3.04. The second-order valence-corrected chi connectivity index (χ2v) is 5.53. The number of aryl methyl sites for hydroxylation is 1. The van der Waals surface area contributed by atoms with Gasteiger partial charge in [0.1, 0.15) is 5.82 Å². The molecular formula is C14H16BrN3O. The van der Waals surface area contributed by atoms with Crippen molar-refractivity contribution in [1.82, 2.24) is 9.78 Å². The van der Waals surface area contributed by atoms with E-state index in [0.29, 0.717) is 11.4 Å². The lowest BCUT2D eigenvalue weighted by molar-refractivity contribution is 0.102. The number of hydrogen-bond acceptors (Lipinski definition) is 2. The van der Waals surface area contributed by atoms with Crippen LogP contribution in [0, 0.1) is 6.92 Å². The van der Waals surface area contributed by atoms with Crippen LogP contribution in [0.4, 0.5) is 5.82 Å². The number of nitrogens with one attached hydrogen (secondary N) is 1. The zero-order valence-corrected chi connectivity index (χ0v) is 12.7. The van der Waals surface area contributed by atoms with Gasteiger partial charge in [-0.3, -0.25) is 4.79 Å². The molecule has 0 atom stereocenters. The van der Waals surface area contributed by atoms with Crippen LogP contribution in [-0.2, 0) is 0 Å². The van der Waals surface area contributed by atoms with Gasteiger partial charge in [-0.1, -0.05) is 22.0 Å². The highest BCUT2D eigenvalue weighted by Gasteiger charge is 2.11. The fraction of sp³-hybridized carbons (Fsp3) is 0.286. The number of rotatable bonds is 3. The summed E-state index contributed by atoms with van der Waals surface area (Å²) < 4.78 is 2.71. The summed E-state index contributed by atoms with van der Waals surface area (Å²) >= 11 is 3.43. The minimum absolute atomic E-state index is 0.136. The van der Waals surface area contributed by atoms with Crippen molar-refractivity contribution in [3.63, 3.8) is 0 Å². The zero-order valence-electron chi connectivity index (χ0n) is 11.1. The maximum absolute atomic E-state index is 12.2. The fourth-order valence-corrected chi connectivity index (χ4v) is 2.13. The number of carbonyl (C=O) groups is 1. The zero-order chi connectivity index (χ0) is 14.0. The summed E-state index contributed by atoms with van der Waals surface area (Å²) in [4.78, 5) is 12.2. The maximum Gasteiger partial charge on any atom is 0.256 e. The summed E-state index contributed by atoms with van der Waals surface area (Å²) in [5.74, 6) is 0.569. The van der Waals surface area contributed by atoms with Crippen LogP contribution in [0.5, 0.6) is 0 Å². The number of halogens is 1. The normalized spacial score (nSPS) is 10.8. The predicted octanol–water partition coefficient (Wildman–Crippen LogP) is 3.79. The van der Waals surface area contributed by atoms with Crippen molar-refractivity contribution in [3.8, 4) is 0 Å². The minimum Gasteiger partial charge on any atom is -0.307 e. The van der Waals surface area contributed by atoms with E-state index in [9.17, 15) is 4.79 Å². The molecule has 1 aromatic carbocycles. The Kier molecular flexibility index (Phi) is 4.04. The van der Waals surface area contributed by atoms with E-state index in [1.165, 1.54) is 0 Å². The number of aromatic nitrogens is 2. The average molecular weight is 322 g/mol. The van der Waals surface area contributed by atoms with Crippen molar-refractivity contribution in [2.24, 2.45) is 0 Å². The third-order valence-corrected chi connectivity index (χ3v) is 3.69. The fourth-order valence-electron chi connectivity index (χ4n) is 1.75. The van der Waals surface area contributed by atoms with Crippen molar-refractivity contribution >= 4 is 27.7 Å². The van der Waals surface area contributed by atoms with Crippen LogP contribution < -0.4 is 5.32 Å². The quantitative estimate of drug-likeness (QED) is 0.934. The average Bonchev–Trinajstić information content (AvgIpc) is 2.80. The lowest BCUT2D eigenvalue weighted by Crippen LogP contribution is -2.16. The van der Waals surface area contributed by atoms with Crippen molar-refractivity contribution in [2.75, 3.05) is 5.32 Å². The molecule has 0 aliphatic carbocycles. The van der Waals surface area contributed by atoms with Crippen LogP contribution >= 0.6 is 15.9 Å². The molecular weight excluding hydrogens is 306 g/mol. The van der Waals surface area contributed by atoms with E-state index in [-0.39, 0.29) is 11.9 Å². The Morgan fingerprint density at radius 1 is 1.37 bits per heavy atom. The second-order valence-electron chi connectivity index (χ2n) is 4.67. The van der Waals surface area contributed by atoms with Crippen LogP contribution in [0.1, 0.15) is 35.8 Å². The van der Waals surface area contributed by atoms with Crippen molar-refractivity contribution in [2.45, 2.75) is 26.8 Å². The molecule has 0 aliphatic rings. The molecule has 2 aromatic rings. The van der Waals surface area contributed by atoms with Crippen LogP contribution in [-0.4, -0.2) is 15.7 Å². The summed E-state index contributed by atoms with van der Waals surface area (Å²) in [6.07, 6.45) is 1.68. The molecule has 5 heteroatoms. The number of nitrogens with zero attached hydrogens (tertiary/aromatic N) is 2. The molecule has 1 heterocycles. The molecule has 0 spiro atoms. The number of amides is 1. The van der Waals surface area contributed by atoms with Crippen molar-refractivity contribution < 1.29 is 4.79 Å². The first-order chi connectivity index (χ1) is 8.99. The number of benzene rings is 1. The van der Waals surface area contributed by atoms with Crippen LogP contribution in [0.15, 0.2) is 34.9 Å². The number of anilines is 1. The number of carbonyl (C=O) groups excluding carboxylic acids is 1. The smallest absolute Gasteiger partial charge is 0.256 e. The molecule has 100 valence electrons. The summed E-state index contributed by atoms with van der Waals surface area (Å²) in [5.41, 5.74) is 1.72. The Labute approximate surface area is 120 Å². The van der Waals surface area contributed by atoms with Gasteiger partial charge in [-0.2, -0.15) is 5.10 Å². The second kappa shape index (κ2) is 5.57. The highest BCUT2D eigenvalue weighted by Crippen LogP contribution is 2.19. The molecule has 0 unspecified atom stereocenters. The van der Waals surface area contributed by atoms with Gasteiger partial charge in [-0.05, 0) is 38.5 Å². The first-order valence-corrected chi connectivity index (χ1v) is 6.89. The standard InChI is InChI=1S/C14H16BrN3O/c1-9(2)18-13(6-7-16-18)17-14(19)11-5-4-10(3)12(15)8-11/h4-9H,1-3H3,(H,17,19). The highest BCUT2D eigenvalue weighted by molar-refractivity contribution is 9.10. The summed E-state index contributed by atoms with van der Waals surface area (Å²) in [5, 5.41) is 7.06. The van der Waals surface area contributed by atoms with Gasteiger partial charge in [0.25, 0.3) is 5.91 Å². The molecule has 0 aliphatic heterocycles. The minimum atomic E-state index is -0.136. The molecule has 1 amide bonds.